The highest BCUT2D eigenvalue weighted by Gasteiger charge is 2.55. The summed E-state index contributed by atoms with van der Waals surface area (Å²) in [7, 11) is 0. The first-order chi connectivity index (χ1) is 18.7. The summed E-state index contributed by atoms with van der Waals surface area (Å²) in [6.45, 7) is 8.22. The smallest absolute Gasteiger partial charge is 0.303 e. The van der Waals surface area contributed by atoms with Crippen molar-refractivity contribution in [2.75, 3.05) is 13.2 Å². The van der Waals surface area contributed by atoms with Crippen molar-refractivity contribution >= 4 is 35.6 Å². The fourth-order valence-electron chi connectivity index (χ4n) is 4.66. The summed E-state index contributed by atoms with van der Waals surface area (Å²) >= 11 is 0. The molecule has 0 bridgehead atoms. The van der Waals surface area contributed by atoms with Crippen LogP contribution in [0.3, 0.4) is 0 Å². The molecule has 0 aromatic rings. The first kappa shape index (κ1) is 33.1. The summed E-state index contributed by atoms with van der Waals surface area (Å²) < 4.78 is 32.7. The van der Waals surface area contributed by atoms with Crippen LogP contribution in [0.4, 0.5) is 0 Å². The Hall–Kier alpha value is -3.14. The number of nitrogens with zero attached hydrogens (tertiary/aromatic N) is 1. The molecule has 0 aliphatic carbocycles. The lowest BCUT2D eigenvalue weighted by Crippen LogP contribution is -2.59. The summed E-state index contributed by atoms with van der Waals surface area (Å²) in [6, 6.07) is -0.702. The Bertz CT molecular complexity index is 954. The summed E-state index contributed by atoms with van der Waals surface area (Å²) in [6.07, 6.45) is -7.58. The van der Waals surface area contributed by atoms with E-state index in [1.807, 2.05) is 0 Å². The van der Waals surface area contributed by atoms with Crippen LogP contribution in [-0.4, -0.2) is 96.9 Å². The van der Waals surface area contributed by atoms with Crippen LogP contribution >= 0.6 is 0 Å². The van der Waals surface area contributed by atoms with Gasteiger partial charge in [0.25, 0.3) is 0 Å². The monoisotopic (exact) mass is 575 g/mol. The SMILES string of the molecule is CCO[C@@H]1C[C@H]([C@H](OC(C)=O)[C@@H](OC(C)=O)[C@@H](OC(C)=O)[C@@H](COC(C)=O)OC(C)=O)[C@H]2C[C@H](C(C)=O)ON2O1. The van der Waals surface area contributed by atoms with Gasteiger partial charge in [0.2, 0.25) is 0 Å². The molecule has 0 spiro atoms. The molecule has 0 radical (unpaired) electrons. The van der Waals surface area contributed by atoms with Gasteiger partial charge in [0.05, 0.1) is 6.04 Å². The van der Waals surface area contributed by atoms with E-state index in [1.165, 1.54) is 6.92 Å². The zero-order valence-corrected chi connectivity index (χ0v) is 23.6. The first-order valence-electron chi connectivity index (χ1n) is 12.8. The molecule has 40 heavy (non-hydrogen) atoms. The molecule has 0 aromatic carbocycles. The van der Waals surface area contributed by atoms with Gasteiger partial charge in [-0.2, -0.15) is 0 Å². The van der Waals surface area contributed by atoms with Crippen molar-refractivity contribution in [1.82, 2.24) is 5.23 Å². The van der Waals surface area contributed by atoms with Gasteiger partial charge in [-0.05, 0) is 13.8 Å². The molecule has 2 fully saturated rings. The van der Waals surface area contributed by atoms with E-state index in [9.17, 15) is 28.8 Å². The normalized spacial score (nSPS) is 25.4. The third kappa shape index (κ3) is 9.50. The molecule has 226 valence electrons. The largest absolute Gasteiger partial charge is 0.462 e. The number of ketones is 1. The van der Waals surface area contributed by atoms with Crippen molar-refractivity contribution in [2.45, 2.75) is 104 Å². The predicted octanol–water partition coefficient (Wildman–Crippen LogP) is 0.554. The first-order valence-corrected chi connectivity index (χ1v) is 12.8. The lowest BCUT2D eigenvalue weighted by atomic mass is 9.82. The lowest BCUT2D eigenvalue weighted by molar-refractivity contribution is -0.443. The Morgan fingerprint density at radius 3 is 1.82 bits per heavy atom. The number of esters is 5. The van der Waals surface area contributed by atoms with Gasteiger partial charge >= 0.3 is 29.8 Å². The van der Waals surface area contributed by atoms with Crippen LogP contribution in [0.2, 0.25) is 0 Å². The van der Waals surface area contributed by atoms with Gasteiger partial charge in [-0.15, -0.1) is 0 Å². The Labute approximate surface area is 231 Å². The number of carbonyl (C=O) groups is 6. The van der Waals surface area contributed by atoms with Crippen LogP contribution in [0.1, 0.15) is 61.3 Å². The molecule has 8 atom stereocenters. The lowest BCUT2D eigenvalue weighted by Gasteiger charge is -2.44. The van der Waals surface area contributed by atoms with E-state index < -0.39 is 85.2 Å². The minimum Gasteiger partial charge on any atom is -0.462 e. The van der Waals surface area contributed by atoms with Crippen molar-refractivity contribution in [3.63, 3.8) is 0 Å². The highest BCUT2D eigenvalue weighted by Crippen LogP contribution is 2.40. The number of rotatable bonds is 13. The van der Waals surface area contributed by atoms with Crippen LogP contribution in [0, 0.1) is 5.92 Å². The highest BCUT2D eigenvalue weighted by atomic mass is 17.0. The average Bonchev–Trinajstić information content (AvgIpc) is 3.26. The maximum atomic E-state index is 12.4. The zero-order valence-electron chi connectivity index (χ0n) is 23.6. The number of hydrogen-bond acceptors (Lipinski definition) is 15. The van der Waals surface area contributed by atoms with Gasteiger partial charge < -0.3 is 28.4 Å². The minimum absolute atomic E-state index is 0.0771. The van der Waals surface area contributed by atoms with Gasteiger partial charge in [-0.3, -0.25) is 33.6 Å². The predicted molar refractivity (Wildman–Crippen MR) is 129 cm³/mol. The van der Waals surface area contributed by atoms with E-state index in [0.29, 0.717) is 0 Å². The Kier molecular flexibility index (Phi) is 12.4. The number of carbonyl (C=O) groups excluding carboxylic acids is 6. The van der Waals surface area contributed by atoms with E-state index in [0.717, 1.165) is 39.8 Å². The molecule has 2 aliphatic heterocycles. The van der Waals surface area contributed by atoms with Gasteiger partial charge in [0.15, 0.2) is 30.4 Å². The Morgan fingerprint density at radius 1 is 0.750 bits per heavy atom. The highest BCUT2D eigenvalue weighted by molar-refractivity contribution is 5.80. The van der Waals surface area contributed by atoms with E-state index in [1.54, 1.807) is 6.92 Å². The summed E-state index contributed by atoms with van der Waals surface area (Å²) in [5.41, 5.74) is 0. The number of hydrogen-bond donors (Lipinski definition) is 0. The minimum atomic E-state index is -1.60. The van der Waals surface area contributed by atoms with Gasteiger partial charge in [-0.1, -0.05) is 5.23 Å². The molecule has 2 rings (SSSR count). The van der Waals surface area contributed by atoms with Crippen LogP contribution in [-0.2, 0) is 66.9 Å². The number of ether oxygens (including phenoxy) is 6. The number of hydroxylamine groups is 2. The molecule has 0 aromatic heterocycles. The third-order valence-corrected chi connectivity index (χ3v) is 6.05. The van der Waals surface area contributed by atoms with E-state index in [4.69, 9.17) is 38.1 Å². The van der Waals surface area contributed by atoms with Gasteiger partial charge in [-0.25, -0.2) is 4.84 Å². The van der Waals surface area contributed by atoms with Crippen molar-refractivity contribution < 1.29 is 66.9 Å². The maximum absolute atomic E-state index is 12.4. The second kappa shape index (κ2) is 15.0. The molecule has 15 nitrogen and oxygen atoms in total. The standard InChI is InChI=1S/C25H37NO14/c1-8-33-22-9-18(19-10-20(12(2)27)39-26(19)40-22)23(36-15(5)30)25(38-17(7)32)24(37-16(6)31)21(35-14(4)29)11-34-13(3)28/h18-25H,8-11H2,1-7H3/t18-,19+,20+,21+,22-,23-,24-,25+/m0/s1. The Morgan fingerprint density at radius 2 is 1.32 bits per heavy atom. The molecular weight excluding hydrogens is 538 g/mol. The van der Waals surface area contributed by atoms with E-state index in [2.05, 4.69) is 0 Å². The van der Waals surface area contributed by atoms with E-state index in [-0.39, 0.29) is 25.2 Å². The molecule has 2 heterocycles. The fourth-order valence-corrected chi connectivity index (χ4v) is 4.66. The number of Topliss-reactive ketones (excluding diaryl/α,β-unsaturated/α-hetero) is 1. The average molecular weight is 576 g/mol. The second-order valence-electron chi connectivity index (χ2n) is 9.36. The van der Waals surface area contributed by atoms with Crippen molar-refractivity contribution in [3.8, 4) is 0 Å². The van der Waals surface area contributed by atoms with Crippen LogP contribution in [0.25, 0.3) is 0 Å². The summed E-state index contributed by atoms with van der Waals surface area (Å²) in [5.74, 6) is -5.08. The Balaban J connectivity index is 2.65. The maximum Gasteiger partial charge on any atom is 0.303 e. The fraction of sp³-hybridized carbons (Fsp3) is 0.760. The summed E-state index contributed by atoms with van der Waals surface area (Å²) in [4.78, 5) is 84.0. The molecule has 0 amide bonds. The van der Waals surface area contributed by atoms with Crippen LogP contribution < -0.4 is 0 Å². The molecule has 2 aliphatic rings. The molecular formula is C25H37NO14. The summed E-state index contributed by atoms with van der Waals surface area (Å²) in [5, 5.41) is 1.10. The number of fused-ring (bicyclic) bond motifs is 1. The van der Waals surface area contributed by atoms with Crippen molar-refractivity contribution in [2.24, 2.45) is 5.92 Å². The van der Waals surface area contributed by atoms with Gasteiger partial charge in [0.1, 0.15) is 18.8 Å². The van der Waals surface area contributed by atoms with Crippen LogP contribution in [0.15, 0.2) is 0 Å². The molecule has 15 heteroatoms. The van der Waals surface area contributed by atoms with Crippen molar-refractivity contribution in [3.05, 3.63) is 0 Å². The van der Waals surface area contributed by atoms with Crippen molar-refractivity contribution in [1.29, 1.82) is 0 Å². The van der Waals surface area contributed by atoms with Crippen LogP contribution in [0.5, 0.6) is 0 Å². The quantitative estimate of drug-likeness (QED) is 0.219. The molecule has 0 unspecified atom stereocenters. The third-order valence-electron chi connectivity index (χ3n) is 6.05. The second-order valence-corrected chi connectivity index (χ2v) is 9.36. The zero-order chi connectivity index (χ0) is 30.1. The molecule has 0 saturated carbocycles. The topological polar surface area (TPSA) is 180 Å². The molecule has 0 N–H and O–H groups in total. The van der Waals surface area contributed by atoms with E-state index >= 15 is 0 Å². The molecule has 2 saturated heterocycles. The van der Waals surface area contributed by atoms with Gasteiger partial charge in [0, 0.05) is 60.0 Å².